The van der Waals surface area contributed by atoms with E-state index < -0.39 is 35.5 Å². The van der Waals surface area contributed by atoms with Crippen LogP contribution in [0.5, 0.6) is 0 Å². The van der Waals surface area contributed by atoms with E-state index in [9.17, 15) is 26.7 Å². The number of nitrogens with zero attached hydrogens (tertiary/aromatic N) is 2. The molecule has 4 nitrogen and oxygen atoms in total. The first-order chi connectivity index (χ1) is 12.8. The number of carbonyl (C=O) groups is 1. The first-order valence-corrected chi connectivity index (χ1v) is 7.64. The second kappa shape index (κ2) is 7.18. The minimum atomic E-state index is -2.91. The van der Waals surface area contributed by atoms with Crippen LogP contribution in [-0.2, 0) is 7.05 Å². The lowest BCUT2D eigenvalue weighted by Gasteiger charge is -2.08. The summed E-state index contributed by atoms with van der Waals surface area (Å²) in [6.45, 7) is 0. The number of aromatic nitrogens is 2. The summed E-state index contributed by atoms with van der Waals surface area (Å²) >= 11 is 0. The Kier molecular flexibility index (Phi) is 4.93. The molecule has 0 radical (unpaired) electrons. The molecule has 1 aromatic heterocycles. The molecule has 1 amide bonds. The molecular formula is C18H12F5N3O. The monoisotopic (exact) mass is 381 g/mol. The lowest BCUT2D eigenvalue weighted by molar-refractivity contribution is 0.101. The van der Waals surface area contributed by atoms with Gasteiger partial charge in [-0.3, -0.25) is 9.48 Å². The van der Waals surface area contributed by atoms with Crippen LogP contribution >= 0.6 is 0 Å². The van der Waals surface area contributed by atoms with Gasteiger partial charge in [-0.15, -0.1) is 0 Å². The summed E-state index contributed by atoms with van der Waals surface area (Å²) in [7, 11) is 1.42. The summed E-state index contributed by atoms with van der Waals surface area (Å²) in [5, 5.41) is 6.00. The van der Waals surface area contributed by atoms with Gasteiger partial charge in [0.1, 0.15) is 5.69 Å². The van der Waals surface area contributed by atoms with Crippen molar-refractivity contribution >= 4 is 11.6 Å². The van der Waals surface area contributed by atoms with Crippen molar-refractivity contribution in [2.75, 3.05) is 5.32 Å². The Morgan fingerprint density at radius 2 is 1.63 bits per heavy atom. The minimum Gasteiger partial charge on any atom is -0.322 e. The summed E-state index contributed by atoms with van der Waals surface area (Å²) in [6.07, 6.45) is -1.73. The molecular weight excluding hydrogens is 369 g/mol. The molecule has 0 spiro atoms. The predicted molar refractivity (Wildman–Crippen MR) is 87.9 cm³/mol. The van der Waals surface area contributed by atoms with Gasteiger partial charge in [0, 0.05) is 18.9 Å². The van der Waals surface area contributed by atoms with E-state index in [1.54, 1.807) is 0 Å². The summed E-state index contributed by atoms with van der Waals surface area (Å²) in [5.74, 6) is -4.98. The molecule has 0 unspecified atom stereocenters. The first kappa shape index (κ1) is 18.6. The number of hydrogen-bond acceptors (Lipinski definition) is 2. The Hall–Kier alpha value is -3.23. The van der Waals surface area contributed by atoms with Crippen LogP contribution < -0.4 is 5.32 Å². The van der Waals surface area contributed by atoms with Crippen molar-refractivity contribution in [2.24, 2.45) is 7.05 Å². The van der Waals surface area contributed by atoms with Gasteiger partial charge in [0.2, 0.25) is 0 Å². The summed E-state index contributed by atoms with van der Waals surface area (Å²) in [6, 6.07) is 7.42. The van der Waals surface area contributed by atoms with Crippen LogP contribution in [0.4, 0.5) is 27.6 Å². The third-order valence-corrected chi connectivity index (χ3v) is 3.77. The largest absolute Gasteiger partial charge is 0.322 e. The average Bonchev–Trinajstić information content (AvgIpc) is 3.02. The fourth-order valence-corrected chi connectivity index (χ4v) is 2.51. The number of anilines is 1. The maximum atomic E-state index is 13.3. The molecule has 140 valence electrons. The smallest absolute Gasteiger partial charge is 0.282 e. The molecule has 0 aliphatic carbocycles. The summed E-state index contributed by atoms with van der Waals surface area (Å²) in [4.78, 5) is 12.2. The molecule has 0 aliphatic rings. The highest BCUT2D eigenvalue weighted by molar-refractivity contribution is 6.05. The molecule has 9 heteroatoms. The van der Waals surface area contributed by atoms with Crippen molar-refractivity contribution in [1.29, 1.82) is 0 Å². The number of aryl methyl sites for hydroxylation is 1. The highest BCUT2D eigenvalue weighted by Crippen LogP contribution is 2.26. The number of rotatable bonds is 4. The minimum absolute atomic E-state index is 0.108. The number of nitrogens with one attached hydrogen (secondary N) is 1. The molecule has 0 bridgehead atoms. The second-order valence-electron chi connectivity index (χ2n) is 5.69. The number of carbonyl (C=O) groups excluding carboxylic acids is 1. The Labute approximate surface area is 150 Å². The maximum Gasteiger partial charge on any atom is 0.282 e. The molecule has 0 fully saturated rings. The zero-order chi connectivity index (χ0) is 19.7. The molecule has 2 aromatic carbocycles. The highest BCUT2D eigenvalue weighted by Gasteiger charge is 2.22. The zero-order valence-electron chi connectivity index (χ0n) is 13.8. The predicted octanol–water partition coefficient (Wildman–Crippen LogP) is 4.69. The quantitative estimate of drug-likeness (QED) is 0.526. The van der Waals surface area contributed by atoms with Gasteiger partial charge in [0.25, 0.3) is 12.3 Å². The summed E-state index contributed by atoms with van der Waals surface area (Å²) < 4.78 is 66.7. The average molecular weight is 381 g/mol. The molecule has 0 atom stereocenters. The van der Waals surface area contributed by atoms with Gasteiger partial charge in [-0.2, -0.15) is 5.10 Å². The number of halogens is 5. The van der Waals surface area contributed by atoms with Crippen LogP contribution in [0.2, 0.25) is 0 Å². The third kappa shape index (κ3) is 3.81. The summed E-state index contributed by atoms with van der Waals surface area (Å²) in [5.41, 5.74) is -0.143. The number of alkyl halides is 2. The Morgan fingerprint density at radius 3 is 2.19 bits per heavy atom. The molecule has 27 heavy (non-hydrogen) atoms. The van der Waals surface area contributed by atoms with E-state index in [1.165, 1.54) is 37.5 Å². The Bertz CT molecular complexity index is 976. The molecule has 0 saturated heterocycles. The van der Waals surface area contributed by atoms with E-state index in [1.807, 2.05) is 0 Å². The number of hydrogen-bond donors (Lipinski definition) is 1. The van der Waals surface area contributed by atoms with Crippen LogP contribution in [-0.4, -0.2) is 15.7 Å². The standard InChI is InChI=1S/C18H12F5N3O/c1-26-8-12(16(25-26)17(22)23)18(27)24-11-4-2-9(3-5-11)10-6-13(19)15(21)14(20)7-10/h2-8,17H,1H3,(H,24,27). The van der Waals surface area contributed by atoms with Gasteiger partial charge >= 0.3 is 0 Å². The van der Waals surface area contributed by atoms with Crippen molar-refractivity contribution in [3.05, 3.63) is 71.3 Å². The molecule has 1 heterocycles. The normalized spacial score (nSPS) is 11.1. The van der Waals surface area contributed by atoms with Crippen LogP contribution in [0, 0.1) is 17.5 Å². The van der Waals surface area contributed by atoms with Gasteiger partial charge in [-0.05, 0) is 35.4 Å². The van der Waals surface area contributed by atoms with E-state index in [4.69, 9.17) is 0 Å². The van der Waals surface area contributed by atoms with Crippen LogP contribution in [0.1, 0.15) is 22.5 Å². The lowest BCUT2D eigenvalue weighted by atomic mass is 10.0. The van der Waals surface area contributed by atoms with Gasteiger partial charge in [0.15, 0.2) is 17.5 Å². The van der Waals surface area contributed by atoms with Crippen molar-refractivity contribution in [3.8, 4) is 11.1 Å². The fraction of sp³-hybridized carbons (Fsp3) is 0.111. The Balaban J connectivity index is 1.81. The van der Waals surface area contributed by atoms with Gasteiger partial charge in [0.05, 0.1) is 5.56 Å². The van der Waals surface area contributed by atoms with Gasteiger partial charge in [-0.1, -0.05) is 12.1 Å². The van der Waals surface area contributed by atoms with Crippen LogP contribution in [0.25, 0.3) is 11.1 Å². The van der Waals surface area contributed by atoms with Crippen molar-refractivity contribution in [3.63, 3.8) is 0 Å². The highest BCUT2D eigenvalue weighted by atomic mass is 19.3. The Morgan fingerprint density at radius 1 is 1.04 bits per heavy atom. The second-order valence-corrected chi connectivity index (χ2v) is 5.69. The first-order valence-electron chi connectivity index (χ1n) is 7.64. The van der Waals surface area contributed by atoms with Crippen molar-refractivity contribution in [2.45, 2.75) is 6.43 Å². The molecule has 0 aliphatic heterocycles. The van der Waals surface area contributed by atoms with E-state index in [0.29, 0.717) is 5.56 Å². The topological polar surface area (TPSA) is 46.9 Å². The van der Waals surface area contributed by atoms with Crippen molar-refractivity contribution in [1.82, 2.24) is 9.78 Å². The lowest BCUT2D eigenvalue weighted by Crippen LogP contribution is -2.13. The molecule has 3 rings (SSSR count). The van der Waals surface area contributed by atoms with E-state index in [2.05, 4.69) is 10.4 Å². The van der Waals surface area contributed by atoms with E-state index in [0.717, 1.165) is 16.8 Å². The van der Waals surface area contributed by atoms with Gasteiger partial charge in [-0.25, -0.2) is 22.0 Å². The molecule has 1 N–H and O–H groups in total. The SMILES string of the molecule is Cn1cc(C(=O)Nc2ccc(-c3cc(F)c(F)c(F)c3)cc2)c(C(F)F)n1. The molecule has 3 aromatic rings. The fourth-order valence-electron chi connectivity index (χ4n) is 2.51. The maximum absolute atomic E-state index is 13.3. The van der Waals surface area contributed by atoms with E-state index >= 15 is 0 Å². The van der Waals surface area contributed by atoms with Crippen LogP contribution in [0.3, 0.4) is 0 Å². The zero-order valence-corrected chi connectivity index (χ0v) is 13.8. The number of benzene rings is 2. The van der Waals surface area contributed by atoms with Crippen molar-refractivity contribution < 1.29 is 26.7 Å². The van der Waals surface area contributed by atoms with Crippen LogP contribution in [0.15, 0.2) is 42.6 Å². The third-order valence-electron chi connectivity index (χ3n) is 3.77. The number of amides is 1. The van der Waals surface area contributed by atoms with E-state index in [-0.39, 0.29) is 16.8 Å². The molecule has 0 saturated carbocycles. The van der Waals surface area contributed by atoms with Gasteiger partial charge < -0.3 is 5.32 Å².